The molecule has 0 spiro atoms. The molecule has 0 bridgehead atoms. The van der Waals surface area contributed by atoms with E-state index in [4.69, 9.17) is 20.9 Å². The standard InChI is InChI=1S/C17H21BClNO4/c1-16(2)17(3,4)24-18(23-16)12-7-5-6-10(14(12)19)11-8-9-13(21)20-15(11)22/h5-7,11H,8-9H2,1-4H3,(H,20,21,22). The smallest absolute Gasteiger partial charge is 0.399 e. The van der Waals surface area contributed by atoms with E-state index in [9.17, 15) is 9.59 Å². The first-order valence-electron chi connectivity index (χ1n) is 8.10. The van der Waals surface area contributed by atoms with E-state index in [1.54, 1.807) is 0 Å². The average molecular weight is 350 g/mol. The van der Waals surface area contributed by atoms with Crippen LogP contribution in [0.15, 0.2) is 18.2 Å². The van der Waals surface area contributed by atoms with E-state index in [0.29, 0.717) is 28.9 Å². The van der Waals surface area contributed by atoms with Crippen LogP contribution in [0.5, 0.6) is 0 Å². The number of piperidine rings is 1. The first kappa shape index (κ1) is 17.5. The first-order valence-corrected chi connectivity index (χ1v) is 8.48. The summed E-state index contributed by atoms with van der Waals surface area (Å²) in [7, 11) is -0.587. The summed E-state index contributed by atoms with van der Waals surface area (Å²) in [5, 5.41) is 2.83. The van der Waals surface area contributed by atoms with Crippen LogP contribution in [0.25, 0.3) is 0 Å². The van der Waals surface area contributed by atoms with Gasteiger partial charge in [-0.3, -0.25) is 14.9 Å². The third kappa shape index (κ3) is 2.87. The Morgan fingerprint density at radius 1 is 1.17 bits per heavy atom. The maximum absolute atomic E-state index is 12.1. The van der Waals surface area contributed by atoms with Gasteiger partial charge in [-0.1, -0.05) is 29.8 Å². The lowest BCUT2D eigenvalue weighted by Gasteiger charge is -2.32. The number of nitrogens with one attached hydrogen (secondary N) is 1. The molecule has 24 heavy (non-hydrogen) atoms. The largest absolute Gasteiger partial charge is 0.496 e. The summed E-state index contributed by atoms with van der Waals surface area (Å²) in [6.07, 6.45) is 0.769. The minimum absolute atomic E-state index is 0.241. The number of carbonyl (C=O) groups excluding carboxylic acids is 2. The summed E-state index contributed by atoms with van der Waals surface area (Å²) in [5.41, 5.74) is 0.475. The second-order valence-corrected chi connectivity index (χ2v) is 7.72. The highest BCUT2D eigenvalue weighted by Gasteiger charge is 2.52. The normalized spacial score (nSPS) is 25.7. The molecule has 2 saturated heterocycles. The van der Waals surface area contributed by atoms with Crippen LogP contribution in [-0.2, 0) is 18.9 Å². The molecule has 2 fully saturated rings. The summed E-state index contributed by atoms with van der Waals surface area (Å²) in [4.78, 5) is 23.5. The van der Waals surface area contributed by atoms with E-state index >= 15 is 0 Å². The van der Waals surface area contributed by atoms with Crippen molar-refractivity contribution in [2.45, 2.75) is 57.7 Å². The molecule has 2 amide bonds. The van der Waals surface area contributed by atoms with Crippen LogP contribution in [0.3, 0.4) is 0 Å². The molecule has 1 aromatic carbocycles. The number of hydrogen-bond acceptors (Lipinski definition) is 4. The number of imide groups is 1. The zero-order valence-corrected chi connectivity index (χ0v) is 15.1. The molecule has 3 rings (SSSR count). The van der Waals surface area contributed by atoms with Crippen LogP contribution in [0, 0.1) is 0 Å². The molecule has 2 heterocycles. The van der Waals surface area contributed by atoms with E-state index in [-0.39, 0.29) is 11.8 Å². The summed E-state index contributed by atoms with van der Waals surface area (Å²) < 4.78 is 12.1. The minimum Gasteiger partial charge on any atom is -0.399 e. The first-order chi connectivity index (χ1) is 11.1. The molecule has 1 N–H and O–H groups in total. The Morgan fingerprint density at radius 3 is 2.38 bits per heavy atom. The fourth-order valence-corrected chi connectivity index (χ4v) is 3.33. The van der Waals surface area contributed by atoms with Crippen molar-refractivity contribution in [2.24, 2.45) is 0 Å². The monoisotopic (exact) mass is 349 g/mol. The average Bonchev–Trinajstić information content (AvgIpc) is 2.68. The molecule has 0 radical (unpaired) electrons. The lowest BCUT2D eigenvalue weighted by molar-refractivity contribution is -0.134. The minimum atomic E-state index is -0.587. The van der Waals surface area contributed by atoms with Gasteiger partial charge in [-0.25, -0.2) is 0 Å². The molecule has 0 aromatic heterocycles. The van der Waals surface area contributed by atoms with Crippen LogP contribution in [0.1, 0.15) is 52.0 Å². The van der Waals surface area contributed by atoms with Crippen molar-refractivity contribution in [1.82, 2.24) is 5.32 Å². The Kier molecular flexibility index (Phi) is 4.27. The quantitative estimate of drug-likeness (QED) is 0.656. The zero-order chi connectivity index (χ0) is 17.7. The fourth-order valence-electron chi connectivity index (χ4n) is 2.98. The van der Waals surface area contributed by atoms with Crippen molar-refractivity contribution in [3.05, 3.63) is 28.8 Å². The molecule has 128 valence electrons. The van der Waals surface area contributed by atoms with E-state index < -0.39 is 24.2 Å². The van der Waals surface area contributed by atoms with Gasteiger partial charge < -0.3 is 9.31 Å². The summed E-state index contributed by atoms with van der Waals surface area (Å²) >= 11 is 6.59. The van der Waals surface area contributed by atoms with Crippen LogP contribution in [0.2, 0.25) is 5.02 Å². The van der Waals surface area contributed by atoms with E-state index in [0.717, 1.165) is 0 Å². The summed E-state index contributed by atoms with van der Waals surface area (Å²) in [6, 6.07) is 5.50. The van der Waals surface area contributed by atoms with E-state index in [2.05, 4.69) is 5.32 Å². The van der Waals surface area contributed by atoms with Gasteiger partial charge in [-0.05, 0) is 39.7 Å². The van der Waals surface area contributed by atoms with Crippen molar-refractivity contribution in [3.8, 4) is 0 Å². The second-order valence-electron chi connectivity index (χ2n) is 7.34. The van der Waals surface area contributed by atoms with E-state index in [1.165, 1.54) is 0 Å². The molecular formula is C17H21BClNO4. The lowest BCUT2D eigenvalue weighted by Crippen LogP contribution is -2.41. The Bertz CT molecular complexity index is 688. The Balaban J connectivity index is 1.93. The van der Waals surface area contributed by atoms with Gasteiger partial charge in [0, 0.05) is 16.9 Å². The highest BCUT2D eigenvalue weighted by Crippen LogP contribution is 2.38. The molecule has 1 aromatic rings. The molecule has 1 atom stereocenters. The van der Waals surface area contributed by atoms with Gasteiger partial charge in [-0.15, -0.1) is 0 Å². The Hall–Kier alpha value is -1.37. The van der Waals surface area contributed by atoms with Gasteiger partial charge in [0.15, 0.2) is 0 Å². The number of halogens is 1. The second kappa shape index (κ2) is 5.86. The van der Waals surface area contributed by atoms with Gasteiger partial charge in [0.1, 0.15) is 0 Å². The fraction of sp³-hybridized carbons (Fsp3) is 0.529. The molecule has 0 saturated carbocycles. The highest BCUT2D eigenvalue weighted by molar-refractivity contribution is 6.65. The third-order valence-corrected chi connectivity index (χ3v) is 5.62. The van der Waals surface area contributed by atoms with Crippen molar-refractivity contribution in [1.29, 1.82) is 0 Å². The van der Waals surface area contributed by atoms with Crippen LogP contribution in [0.4, 0.5) is 0 Å². The molecule has 0 aliphatic carbocycles. The predicted octanol–water partition coefficient (Wildman–Crippen LogP) is 2.16. The van der Waals surface area contributed by atoms with Gasteiger partial charge >= 0.3 is 7.12 Å². The third-order valence-electron chi connectivity index (χ3n) is 5.18. The number of amides is 2. The number of carbonyl (C=O) groups is 2. The van der Waals surface area contributed by atoms with Crippen molar-refractivity contribution >= 4 is 36.0 Å². The predicted molar refractivity (Wildman–Crippen MR) is 92.3 cm³/mol. The number of hydrogen-bond donors (Lipinski definition) is 1. The molecule has 2 aliphatic heterocycles. The van der Waals surface area contributed by atoms with Gasteiger partial charge in [-0.2, -0.15) is 0 Å². The number of benzene rings is 1. The molecular weight excluding hydrogens is 328 g/mol. The number of rotatable bonds is 2. The lowest BCUT2D eigenvalue weighted by atomic mass is 9.76. The summed E-state index contributed by atoms with van der Waals surface area (Å²) in [5.74, 6) is -0.980. The Labute approximate surface area is 147 Å². The SMILES string of the molecule is CC1(C)OB(c2cccc(C3CCC(=O)NC3=O)c2Cl)OC1(C)C. The topological polar surface area (TPSA) is 64.6 Å². The van der Waals surface area contributed by atoms with Crippen LogP contribution >= 0.6 is 11.6 Å². The van der Waals surface area contributed by atoms with Crippen LogP contribution < -0.4 is 10.8 Å². The Morgan fingerprint density at radius 2 is 1.79 bits per heavy atom. The summed E-state index contributed by atoms with van der Waals surface area (Å²) in [6.45, 7) is 7.91. The van der Waals surface area contributed by atoms with Crippen molar-refractivity contribution in [3.63, 3.8) is 0 Å². The van der Waals surface area contributed by atoms with E-state index in [1.807, 2.05) is 45.9 Å². The van der Waals surface area contributed by atoms with Crippen molar-refractivity contribution in [2.75, 3.05) is 0 Å². The zero-order valence-electron chi connectivity index (χ0n) is 14.3. The molecule has 7 heteroatoms. The molecule has 2 aliphatic rings. The molecule has 1 unspecified atom stereocenters. The van der Waals surface area contributed by atoms with Gasteiger partial charge in [0.05, 0.1) is 17.1 Å². The van der Waals surface area contributed by atoms with Crippen LogP contribution in [-0.4, -0.2) is 30.1 Å². The maximum Gasteiger partial charge on any atom is 0.496 e. The molecule has 5 nitrogen and oxygen atoms in total. The van der Waals surface area contributed by atoms with Crippen molar-refractivity contribution < 1.29 is 18.9 Å². The highest BCUT2D eigenvalue weighted by atomic mass is 35.5. The maximum atomic E-state index is 12.1. The van der Waals surface area contributed by atoms with Gasteiger partial charge in [0.2, 0.25) is 11.8 Å². The van der Waals surface area contributed by atoms with Gasteiger partial charge in [0.25, 0.3) is 0 Å².